The zero-order chi connectivity index (χ0) is 18.5. The third-order valence-corrected chi connectivity index (χ3v) is 3.32. The molecule has 1 amide bonds. The number of esters is 1. The van der Waals surface area contributed by atoms with E-state index in [0.29, 0.717) is 28.6 Å². The van der Waals surface area contributed by atoms with E-state index in [1.165, 1.54) is 19.2 Å². The minimum Gasteiger partial charge on any atom is -0.465 e. The molecule has 0 fully saturated rings. The SMILES string of the molecule is COC(=O)c1cccc(NC(=O)c2ccc(Nc3cc(C)on3)nn2)c1. The molecular formula is C17H15N5O4. The van der Waals surface area contributed by atoms with Crippen LogP contribution in [0.3, 0.4) is 0 Å². The first-order valence-corrected chi connectivity index (χ1v) is 7.59. The van der Waals surface area contributed by atoms with E-state index in [9.17, 15) is 9.59 Å². The summed E-state index contributed by atoms with van der Waals surface area (Å²) in [5, 5.41) is 17.1. The van der Waals surface area contributed by atoms with Crippen LogP contribution in [0.1, 0.15) is 26.6 Å². The predicted molar refractivity (Wildman–Crippen MR) is 92.3 cm³/mol. The summed E-state index contributed by atoms with van der Waals surface area (Å²) in [6.45, 7) is 1.77. The third-order valence-electron chi connectivity index (χ3n) is 3.32. The number of nitrogens with one attached hydrogen (secondary N) is 2. The molecule has 1 aromatic carbocycles. The van der Waals surface area contributed by atoms with E-state index < -0.39 is 11.9 Å². The van der Waals surface area contributed by atoms with Crippen molar-refractivity contribution >= 4 is 29.2 Å². The fraction of sp³-hybridized carbons (Fsp3) is 0.118. The molecule has 2 N–H and O–H groups in total. The Morgan fingerprint density at radius 3 is 2.58 bits per heavy atom. The highest BCUT2D eigenvalue weighted by Crippen LogP contribution is 2.15. The Kier molecular flexibility index (Phi) is 4.88. The molecule has 0 radical (unpaired) electrons. The van der Waals surface area contributed by atoms with Crippen LogP contribution >= 0.6 is 0 Å². The lowest BCUT2D eigenvalue weighted by Gasteiger charge is -2.06. The van der Waals surface area contributed by atoms with Gasteiger partial charge in [0.15, 0.2) is 17.3 Å². The number of carbonyl (C=O) groups is 2. The molecule has 2 heterocycles. The largest absolute Gasteiger partial charge is 0.465 e. The number of anilines is 3. The molecule has 0 aliphatic heterocycles. The number of amides is 1. The van der Waals surface area contributed by atoms with Crippen LogP contribution < -0.4 is 10.6 Å². The van der Waals surface area contributed by atoms with Gasteiger partial charge in [-0.05, 0) is 37.3 Å². The average molecular weight is 353 g/mol. The molecule has 0 bridgehead atoms. The van der Waals surface area contributed by atoms with Gasteiger partial charge in [-0.1, -0.05) is 11.2 Å². The van der Waals surface area contributed by atoms with Crippen LogP contribution in [0.5, 0.6) is 0 Å². The summed E-state index contributed by atoms with van der Waals surface area (Å²) >= 11 is 0. The van der Waals surface area contributed by atoms with E-state index in [-0.39, 0.29) is 5.69 Å². The fourth-order valence-electron chi connectivity index (χ4n) is 2.11. The monoisotopic (exact) mass is 353 g/mol. The number of aromatic nitrogens is 3. The van der Waals surface area contributed by atoms with Gasteiger partial charge in [-0.15, -0.1) is 10.2 Å². The van der Waals surface area contributed by atoms with Gasteiger partial charge in [0.2, 0.25) is 0 Å². The van der Waals surface area contributed by atoms with Crippen molar-refractivity contribution in [3.8, 4) is 0 Å². The molecule has 0 aliphatic rings. The summed E-state index contributed by atoms with van der Waals surface area (Å²) in [7, 11) is 1.29. The van der Waals surface area contributed by atoms with Gasteiger partial charge in [0.05, 0.1) is 12.7 Å². The van der Waals surface area contributed by atoms with Gasteiger partial charge in [-0.3, -0.25) is 4.79 Å². The van der Waals surface area contributed by atoms with Gasteiger partial charge in [0, 0.05) is 11.8 Å². The van der Waals surface area contributed by atoms with Crippen molar-refractivity contribution in [2.24, 2.45) is 0 Å². The van der Waals surface area contributed by atoms with Crippen molar-refractivity contribution in [1.82, 2.24) is 15.4 Å². The van der Waals surface area contributed by atoms with E-state index in [1.54, 1.807) is 37.3 Å². The first kappa shape index (κ1) is 17.1. The minimum atomic E-state index is -0.487. The second kappa shape index (κ2) is 7.43. The Morgan fingerprint density at radius 2 is 1.92 bits per heavy atom. The lowest BCUT2D eigenvalue weighted by atomic mass is 10.2. The van der Waals surface area contributed by atoms with Crippen LogP contribution in [-0.4, -0.2) is 34.3 Å². The van der Waals surface area contributed by atoms with Crippen molar-refractivity contribution in [3.63, 3.8) is 0 Å². The van der Waals surface area contributed by atoms with Crippen LogP contribution in [0.2, 0.25) is 0 Å². The third kappa shape index (κ3) is 4.01. The molecule has 0 saturated carbocycles. The lowest BCUT2D eigenvalue weighted by Crippen LogP contribution is -2.15. The van der Waals surface area contributed by atoms with Crippen LogP contribution in [0.25, 0.3) is 0 Å². The number of aryl methyl sites for hydroxylation is 1. The van der Waals surface area contributed by atoms with E-state index in [1.807, 2.05) is 0 Å². The van der Waals surface area contributed by atoms with E-state index in [2.05, 4.69) is 30.7 Å². The van der Waals surface area contributed by atoms with Crippen molar-refractivity contribution in [3.05, 3.63) is 59.5 Å². The highest BCUT2D eigenvalue weighted by atomic mass is 16.5. The number of benzene rings is 1. The molecule has 2 aromatic heterocycles. The van der Waals surface area contributed by atoms with Gasteiger partial charge in [-0.2, -0.15) is 0 Å². The number of ether oxygens (including phenoxy) is 1. The Bertz CT molecular complexity index is 936. The highest BCUT2D eigenvalue weighted by Gasteiger charge is 2.11. The van der Waals surface area contributed by atoms with Crippen LogP contribution in [0.4, 0.5) is 17.3 Å². The normalized spacial score (nSPS) is 10.2. The molecule has 0 saturated heterocycles. The Balaban J connectivity index is 1.67. The molecule has 132 valence electrons. The van der Waals surface area contributed by atoms with Crippen molar-refractivity contribution in [2.75, 3.05) is 17.7 Å². The molecule has 0 atom stereocenters. The van der Waals surface area contributed by atoms with Gasteiger partial charge in [0.1, 0.15) is 5.76 Å². The Labute approximate surface area is 148 Å². The van der Waals surface area contributed by atoms with Gasteiger partial charge >= 0.3 is 5.97 Å². The summed E-state index contributed by atoms with van der Waals surface area (Å²) in [6.07, 6.45) is 0. The zero-order valence-corrected chi connectivity index (χ0v) is 14.0. The highest BCUT2D eigenvalue weighted by molar-refractivity contribution is 6.03. The molecule has 9 heteroatoms. The average Bonchev–Trinajstić information content (AvgIpc) is 3.06. The summed E-state index contributed by atoms with van der Waals surface area (Å²) in [5.74, 6) is 0.629. The van der Waals surface area contributed by atoms with Crippen molar-refractivity contribution in [1.29, 1.82) is 0 Å². The molecule has 3 aromatic rings. The van der Waals surface area contributed by atoms with E-state index >= 15 is 0 Å². The second-order valence-corrected chi connectivity index (χ2v) is 5.28. The zero-order valence-electron chi connectivity index (χ0n) is 14.0. The predicted octanol–water partition coefficient (Wildman–Crippen LogP) is 2.56. The first-order chi connectivity index (χ1) is 12.5. The van der Waals surface area contributed by atoms with Gasteiger partial charge in [0.25, 0.3) is 5.91 Å². The van der Waals surface area contributed by atoms with Crippen molar-refractivity contribution < 1.29 is 18.8 Å². The van der Waals surface area contributed by atoms with Crippen LogP contribution in [-0.2, 0) is 4.74 Å². The maximum Gasteiger partial charge on any atom is 0.337 e. The second-order valence-electron chi connectivity index (χ2n) is 5.28. The molecular weight excluding hydrogens is 338 g/mol. The maximum absolute atomic E-state index is 12.3. The topological polar surface area (TPSA) is 119 Å². The molecule has 9 nitrogen and oxygen atoms in total. The van der Waals surface area contributed by atoms with Gasteiger partial charge in [-0.25, -0.2) is 4.79 Å². The first-order valence-electron chi connectivity index (χ1n) is 7.59. The number of hydrogen-bond donors (Lipinski definition) is 2. The molecule has 0 spiro atoms. The van der Waals surface area contributed by atoms with E-state index in [4.69, 9.17) is 4.52 Å². The lowest BCUT2D eigenvalue weighted by molar-refractivity contribution is 0.0600. The molecule has 3 rings (SSSR count). The minimum absolute atomic E-state index is 0.121. The summed E-state index contributed by atoms with van der Waals surface area (Å²) in [4.78, 5) is 23.8. The number of nitrogens with zero attached hydrogens (tertiary/aromatic N) is 3. The quantitative estimate of drug-likeness (QED) is 0.672. The molecule has 26 heavy (non-hydrogen) atoms. The fourth-order valence-corrected chi connectivity index (χ4v) is 2.11. The summed E-state index contributed by atoms with van der Waals surface area (Å²) in [5.41, 5.74) is 0.897. The summed E-state index contributed by atoms with van der Waals surface area (Å²) in [6, 6.07) is 11.2. The maximum atomic E-state index is 12.3. The van der Waals surface area contributed by atoms with Crippen LogP contribution in [0, 0.1) is 6.92 Å². The molecule has 0 aliphatic carbocycles. The Hall–Kier alpha value is -3.75. The smallest absolute Gasteiger partial charge is 0.337 e. The van der Waals surface area contributed by atoms with Crippen LogP contribution in [0.15, 0.2) is 47.0 Å². The number of carbonyl (C=O) groups excluding carboxylic acids is 2. The van der Waals surface area contributed by atoms with Gasteiger partial charge < -0.3 is 19.9 Å². The number of hydrogen-bond acceptors (Lipinski definition) is 8. The standard InChI is InChI=1S/C17H15N5O4/c1-10-8-15(22-26-10)19-14-7-6-13(20-21-14)16(23)18-12-5-3-4-11(9-12)17(24)25-2/h3-9H,1-2H3,(H,18,23)(H,19,21,22). The number of rotatable bonds is 5. The Morgan fingerprint density at radius 1 is 1.08 bits per heavy atom. The summed E-state index contributed by atoms with van der Waals surface area (Å²) < 4.78 is 9.59. The van der Waals surface area contributed by atoms with Crippen molar-refractivity contribution in [2.45, 2.75) is 6.92 Å². The molecule has 0 unspecified atom stereocenters. The van der Waals surface area contributed by atoms with E-state index in [0.717, 1.165) is 0 Å². The number of methoxy groups -OCH3 is 1.